The summed E-state index contributed by atoms with van der Waals surface area (Å²) < 4.78 is 22.5. The molecule has 8 aromatic carbocycles. The van der Waals surface area contributed by atoms with Crippen LogP contribution in [0.2, 0.25) is 0 Å². The predicted octanol–water partition coefficient (Wildman–Crippen LogP) is 11.2. The van der Waals surface area contributed by atoms with E-state index in [0.717, 1.165) is 61.3 Å². The van der Waals surface area contributed by atoms with E-state index < -0.39 is 40.3 Å². The standard InChI is InChI=1S/C64H66N2O8/c1-71-50-30-22-44(23-31-50)40-63(69,58(48-26-34-52(73-3)35-27-48)56-20-12-16-46-14-6-8-18-54(46)56)42-66(61(68)62(60(65)67)38-10-5-11-39-62)43-64(70,41-45-24-32-51(72-2)33-25-45)59(49-28-36-53(74-4)37-29-49)57-21-13-17-47-15-7-9-19-55(47)57/h6-9,12-37,58-59,69-70H,5,10-11,38-43H2,1-4H3,(H2,65,67). The van der Waals surface area contributed by atoms with Gasteiger partial charge in [-0.2, -0.15) is 0 Å². The topological polar surface area (TPSA) is 141 Å². The summed E-state index contributed by atoms with van der Waals surface area (Å²) in [6, 6.07) is 58.8. The number of benzene rings is 8. The van der Waals surface area contributed by atoms with Gasteiger partial charge in [-0.1, -0.05) is 153 Å². The summed E-state index contributed by atoms with van der Waals surface area (Å²) in [4.78, 5) is 32.2. The maximum atomic E-state index is 16.4. The number of carbonyl (C=O) groups is 2. The van der Waals surface area contributed by atoms with Crippen molar-refractivity contribution in [2.75, 3.05) is 41.5 Å². The van der Waals surface area contributed by atoms with Gasteiger partial charge in [0.15, 0.2) is 0 Å². The third-order valence-electron chi connectivity index (χ3n) is 15.4. The number of ether oxygens (including phenoxy) is 4. The Morgan fingerprint density at radius 1 is 0.500 bits per heavy atom. The summed E-state index contributed by atoms with van der Waals surface area (Å²) >= 11 is 0. The Labute approximate surface area is 434 Å². The number of nitrogens with zero attached hydrogens (tertiary/aromatic N) is 1. The van der Waals surface area contributed by atoms with Crippen LogP contribution in [-0.4, -0.2) is 79.7 Å². The van der Waals surface area contributed by atoms with Gasteiger partial charge in [-0.15, -0.1) is 0 Å². The number of nitrogens with two attached hydrogens (primary N) is 1. The van der Waals surface area contributed by atoms with E-state index in [0.29, 0.717) is 35.8 Å². The second kappa shape index (κ2) is 22.2. The zero-order valence-corrected chi connectivity index (χ0v) is 42.7. The molecule has 1 fully saturated rings. The zero-order chi connectivity index (χ0) is 51.9. The average molecular weight is 991 g/mol. The molecule has 0 spiro atoms. The Hall–Kier alpha value is -7.66. The van der Waals surface area contributed by atoms with E-state index in [1.54, 1.807) is 33.3 Å². The van der Waals surface area contributed by atoms with E-state index in [2.05, 4.69) is 12.1 Å². The normalized spacial score (nSPS) is 15.8. The van der Waals surface area contributed by atoms with Crippen molar-refractivity contribution in [3.63, 3.8) is 0 Å². The lowest BCUT2D eigenvalue weighted by Crippen LogP contribution is -2.61. The first-order valence-electron chi connectivity index (χ1n) is 25.4. The van der Waals surface area contributed by atoms with Gasteiger partial charge in [0.25, 0.3) is 0 Å². The second-order valence-corrected chi connectivity index (χ2v) is 20.0. The maximum absolute atomic E-state index is 16.4. The van der Waals surface area contributed by atoms with E-state index in [1.807, 2.05) is 170 Å². The van der Waals surface area contributed by atoms with E-state index in [-0.39, 0.29) is 38.8 Å². The molecule has 4 unspecified atom stereocenters. The highest BCUT2D eigenvalue weighted by molar-refractivity contribution is 6.04. The minimum atomic E-state index is -1.84. The molecule has 8 aromatic rings. The number of hydrogen-bond acceptors (Lipinski definition) is 8. The van der Waals surface area contributed by atoms with Gasteiger partial charge in [-0.3, -0.25) is 9.59 Å². The van der Waals surface area contributed by atoms with Gasteiger partial charge >= 0.3 is 0 Å². The van der Waals surface area contributed by atoms with Crippen LogP contribution in [0, 0.1) is 5.41 Å². The highest BCUT2D eigenvalue weighted by Crippen LogP contribution is 2.47. The second-order valence-electron chi connectivity index (χ2n) is 20.0. The largest absolute Gasteiger partial charge is 0.497 e. The molecule has 10 heteroatoms. The average Bonchev–Trinajstić information content (AvgIpc) is 3.43. The number of hydrogen-bond donors (Lipinski definition) is 3. The number of amides is 2. The number of aliphatic hydroxyl groups is 2. The van der Waals surface area contributed by atoms with Crippen molar-refractivity contribution in [1.29, 1.82) is 0 Å². The molecule has 0 aromatic heterocycles. The molecular formula is C64H66N2O8. The van der Waals surface area contributed by atoms with Crippen LogP contribution in [0.25, 0.3) is 21.5 Å². The van der Waals surface area contributed by atoms with Gasteiger partial charge in [-0.25, -0.2) is 0 Å². The molecule has 0 saturated heterocycles. The van der Waals surface area contributed by atoms with Gasteiger partial charge in [-0.05, 0) is 116 Å². The molecule has 380 valence electrons. The minimum absolute atomic E-state index is 0.0480. The van der Waals surface area contributed by atoms with Crippen LogP contribution in [-0.2, 0) is 22.4 Å². The van der Waals surface area contributed by atoms with Crippen LogP contribution < -0.4 is 24.7 Å². The van der Waals surface area contributed by atoms with Crippen molar-refractivity contribution in [3.8, 4) is 23.0 Å². The molecule has 2 amide bonds. The van der Waals surface area contributed by atoms with Crippen LogP contribution in [0.5, 0.6) is 23.0 Å². The Morgan fingerprint density at radius 3 is 1.22 bits per heavy atom. The molecule has 4 atom stereocenters. The molecule has 0 bridgehead atoms. The van der Waals surface area contributed by atoms with Crippen LogP contribution in [0.15, 0.2) is 182 Å². The summed E-state index contributed by atoms with van der Waals surface area (Å²) in [5.74, 6) is -0.244. The lowest BCUT2D eigenvalue weighted by atomic mass is 9.69. The molecular weight excluding hydrogens is 925 g/mol. The number of carbonyl (C=O) groups excluding carboxylic acids is 2. The van der Waals surface area contributed by atoms with Crippen molar-refractivity contribution >= 4 is 33.4 Å². The summed E-state index contributed by atoms with van der Waals surface area (Å²) in [7, 11) is 6.45. The molecule has 0 heterocycles. The number of primary amides is 1. The van der Waals surface area contributed by atoms with Gasteiger partial charge in [0.1, 0.15) is 28.4 Å². The van der Waals surface area contributed by atoms with Crippen LogP contribution in [0.3, 0.4) is 0 Å². The SMILES string of the molecule is COc1ccc(CC(O)(CN(CC(O)(Cc2ccc(OC)cc2)C(c2ccc(OC)cc2)c2cccc3ccccc23)C(=O)C2(C(N)=O)CCCCC2)C(c2ccc(OC)cc2)c2cccc3ccccc23)cc1. The van der Waals surface area contributed by atoms with E-state index >= 15 is 4.79 Å². The van der Waals surface area contributed by atoms with E-state index in [4.69, 9.17) is 24.7 Å². The van der Waals surface area contributed by atoms with Crippen LogP contribution >= 0.6 is 0 Å². The van der Waals surface area contributed by atoms with Crippen molar-refractivity contribution in [2.24, 2.45) is 11.1 Å². The van der Waals surface area contributed by atoms with Gasteiger partial charge in [0.05, 0.1) is 52.7 Å². The smallest absolute Gasteiger partial charge is 0.238 e. The molecule has 0 aliphatic heterocycles. The lowest BCUT2D eigenvalue weighted by molar-refractivity contribution is -0.159. The number of fused-ring (bicyclic) bond motifs is 2. The number of rotatable bonds is 20. The number of methoxy groups -OCH3 is 4. The quantitative estimate of drug-likeness (QED) is 0.0641. The molecule has 9 rings (SSSR count). The molecule has 1 aliphatic carbocycles. The Balaban J connectivity index is 1.32. The van der Waals surface area contributed by atoms with Gasteiger partial charge in [0.2, 0.25) is 11.8 Å². The maximum Gasteiger partial charge on any atom is 0.238 e. The summed E-state index contributed by atoms with van der Waals surface area (Å²) in [6.07, 6.45) is 2.64. The Kier molecular flexibility index (Phi) is 15.4. The molecule has 1 aliphatic rings. The van der Waals surface area contributed by atoms with Crippen molar-refractivity contribution in [1.82, 2.24) is 4.90 Å². The minimum Gasteiger partial charge on any atom is -0.497 e. The molecule has 74 heavy (non-hydrogen) atoms. The third-order valence-corrected chi connectivity index (χ3v) is 15.4. The van der Waals surface area contributed by atoms with Crippen LogP contribution in [0.4, 0.5) is 0 Å². The highest BCUT2D eigenvalue weighted by atomic mass is 16.5. The Morgan fingerprint density at radius 2 is 0.851 bits per heavy atom. The Bertz CT molecular complexity index is 2990. The summed E-state index contributed by atoms with van der Waals surface area (Å²) in [5, 5.41) is 32.8. The zero-order valence-electron chi connectivity index (χ0n) is 42.7. The van der Waals surface area contributed by atoms with Gasteiger partial charge < -0.3 is 39.8 Å². The molecule has 1 saturated carbocycles. The summed E-state index contributed by atoms with van der Waals surface area (Å²) in [6.45, 7) is -0.634. The fourth-order valence-corrected chi connectivity index (χ4v) is 11.7. The fraction of sp³-hybridized carbons (Fsp3) is 0.281. The van der Waals surface area contributed by atoms with E-state index in [9.17, 15) is 15.0 Å². The van der Waals surface area contributed by atoms with Gasteiger partial charge in [0, 0.05) is 24.7 Å². The monoisotopic (exact) mass is 990 g/mol. The first-order valence-corrected chi connectivity index (χ1v) is 25.4. The van der Waals surface area contributed by atoms with E-state index in [1.165, 1.54) is 0 Å². The van der Waals surface area contributed by atoms with Crippen molar-refractivity contribution in [3.05, 3.63) is 215 Å². The van der Waals surface area contributed by atoms with Crippen molar-refractivity contribution < 1.29 is 38.7 Å². The first kappa shape index (κ1) is 51.2. The highest BCUT2D eigenvalue weighted by Gasteiger charge is 2.53. The molecule has 0 radical (unpaired) electrons. The predicted molar refractivity (Wildman–Crippen MR) is 292 cm³/mol. The first-order chi connectivity index (χ1) is 35.9. The summed E-state index contributed by atoms with van der Waals surface area (Å²) in [5.41, 5.74) is 5.95. The third kappa shape index (κ3) is 10.6. The van der Waals surface area contributed by atoms with Crippen LogP contribution in [0.1, 0.15) is 77.3 Å². The molecule has 10 nitrogen and oxygen atoms in total. The molecule has 4 N–H and O–H groups in total. The lowest BCUT2D eigenvalue weighted by Gasteiger charge is -2.48. The van der Waals surface area contributed by atoms with Crippen molar-refractivity contribution in [2.45, 2.75) is 68.0 Å². The fourth-order valence-electron chi connectivity index (χ4n) is 11.7.